The van der Waals surface area contributed by atoms with E-state index in [4.69, 9.17) is 0 Å². The van der Waals surface area contributed by atoms with Crippen molar-refractivity contribution in [2.75, 3.05) is 13.1 Å². The molecule has 0 bridgehead atoms. The minimum atomic E-state index is 0.199. The first-order valence-electron chi connectivity index (χ1n) is 13.5. The van der Waals surface area contributed by atoms with Crippen molar-refractivity contribution >= 4 is 22.4 Å². The summed E-state index contributed by atoms with van der Waals surface area (Å²) in [5.74, 6) is 1.05. The molecule has 5 nitrogen and oxygen atoms in total. The van der Waals surface area contributed by atoms with Gasteiger partial charge in [0.15, 0.2) is 0 Å². The average Bonchev–Trinajstić information content (AvgIpc) is 3.36. The molecule has 0 spiro atoms. The first-order valence-corrected chi connectivity index (χ1v) is 13.5. The summed E-state index contributed by atoms with van der Waals surface area (Å²) in [5.41, 5.74) is 10.5. The van der Waals surface area contributed by atoms with Gasteiger partial charge in [0.05, 0.1) is 12.1 Å². The summed E-state index contributed by atoms with van der Waals surface area (Å²) >= 11 is 0. The summed E-state index contributed by atoms with van der Waals surface area (Å²) in [4.78, 5) is 18.7. The summed E-state index contributed by atoms with van der Waals surface area (Å²) in [7, 11) is 1.91. The molecule has 1 aliphatic rings. The number of aryl methyl sites for hydroxylation is 2. The minimum Gasteiger partial charge on any atom is -0.354 e. The van der Waals surface area contributed by atoms with Crippen LogP contribution in [0, 0.1) is 6.92 Å². The Kier molecular flexibility index (Phi) is 7.91. The number of hydrogen-bond acceptors (Lipinski definition) is 2. The summed E-state index contributed by atoms with van der Waals surface area (Å²) in [6.07, 6.45) is 6.82. The maximum absolute atomic E-state index is 13.0. The molecule has 0 aliphatic carbocycles. The van der Waals surface area contributed by atoms with Gasteiger partial charge in [-0.1, -0.05) is 49.8 Å². The third-order valence-electron chi connectivity index (χ3n) is 7.33. The number of likely N-dealkylation sites (tertiary alicyclic amines) is 1. The number of aromatic amines is 1. The molecule has 4 rings (SSSR count). The minimum absolute atomic E-state index is 0.199. The lowest BCUT2D eigenvalue weighted by molar-refractivity contribution is -0.131. The van der Waals surface area contributed by atoms with Crippen molar-refractivity contribution in [3.63, 3.8) is 0 Å². The van der Waals surface area contributed by atoms with Crippen molar-refractivity contribution in [2.45, 2.75) is 72.6 Å². The van der Waals surface area contributed by atoms with Crippen molar-refractivity contribution < 1.29 is 4.79 Å². The number of carbonyl (C=O) groups excluding carboxylic acids is 1. The summed E-state index contributed by atoms with van der Waals surface area (Å²) in [6, 6.07) is 8.91. The van der Waals surface area contributed by atoms with Crippen LogP contribution in [0.2, 0.25) is 0 Å². The van der Waals surface area contributed by atoms with E-state index in [1.54, 1.807) is 0 Å². The number of rotatable bonds is 7. The number of aromatic nitrogens is 3. The zero-order valence-electron chi connectivity index (χ0n) is 23.6. The lowest BCUT2D eigenvalue weighted by Gasteiger charge is -2.32. The normalized spacial score (nSPS) is 15.0. The molecule has 1 saturated heterocycles. The molecule has 1 N–H and O–H groups in total. The Hall–Kier alpha value is -3.34. The highest BCUT2D eigenvalue weighted by molar-refractivity contribution is 5.92. The molecule has 1 amide bonds. The molecule has 0 saturated carbocycles. The van der Waals surface area contributed by atoms with E-state index in [0.717, 1.165) is 42.9 Å². The number of piperidine rings is 1. The molecule has 0 atom stereocenters. The largest absolute Gasteiger partial charge is 0.354 e. The molecule has 0 radical (unpaired) electrons. The van der Waals surface area contributed by atoms with Gasteiger partial charge in [0.25, 0.3) is 0 Å². The van der Waals surface area contributed by atoms with Gasteiger partial charge in [-0.3, -0.25) is 9.48 Å². The monoisotopic (exact) mass is 498 g/mol. The van der Waals surface area contributed by atoms with Crippen LogP contribution in [0.15, 0.2) is 54.1 Å². The molecular weight excluding hydrogens is 456 g/mol. The van der Waals surface area contributed by atoms with Crippen LogP contribution in [0.5, 0.6) is 0 Å². The first-order chi connectivity index (χ1) is 17.5. The number of H-pyrrole nitrogens is 1. The van der Waals surface area contributed by atoms with Crippen LogP contribution in [-0.2, 0) is 18.3 Å². The van der Waals surface area contributed by atoms with Crippen LogP contribution in [0.1, 0.15) is 87.5 Å². The van der Waals surface area contributed by atoms with E-state index in [1.807, 2.05) is 36.5 Å². The van der Waals surface area contributed by atoms with E-state index in [9.17, 15) is 4.79 Å². The summed E-state index contributed by atoms with van der Waals surface area (Å²) in [5, 5.41) is 5.69. The van der Waals surface area contributed by atoms with Crippen molar-refractivity contribution in [1.82, 2.24) is 19.7 Å². The molecule has 196 valence electrons. The second-order valence-electron chi connectivity index (χ2n) is 11.3. The van der Waals surface area contributed by atoms with Gasteiger partial charge < -0.3 is 9.88 Å². The highest BCUT2D eigenvalue weighted by atomic mass is 16.2. The van der Waals surface area contributed by atoms with Gasteiger partial charge in [-0.25, -0.2) is 0 Å². The van der Waals surface area contributed by atoms with E-state index in [-0.39, 0.29) is 5.91 Å². The van der Waals surface area contributed by atoms with Gasteiger partial charge >= 0.3 is 0 Å². The third-order valence-corrected chi connectivity index (χ3v) is 7.33. The number of nitrogens with one attached hydrogen (secondary N) is 1. The van der Waals surface area contributed by atoms with Gasteiger partial charge in [0, 0.05) is 42.4 Å². The van der Waals surface area contributed by atoms with E-state index in [1.165, 1.54) is 38.9 Å². The van der Waals surface area contributed by atoms with Crippen LogP contribution in [0.3, 0.4) is 0 Å². The molecule has 1 aliphatic heterocycles. The fourth-order valence-electron chi connectivity index (χ4n) is 5.63. The molecule has 5 heteroatoms. The van der Waals surface area contributed by atoms with Gasteiger partial charge in [-0.15, -0.1) is 0 Å². The number of carbonyl (C=O) groups is 1. The predicted octanol–water partition coefficient (Wildman–Crippen LogP) is 7.21. The lowest BCUT2D eigenvalue weighted by Crippen LogP contribution is -2.39. The SMILES string of the molecule is C=C(C)/C=C(\C=C(C)C)c1[nH]c2ccc(C3CCN(C(=O)Cc4cc(C)nn4C)CC3)cc2c1C(C)C. The van der Waals surface area contributed by atoms with Crippen molar-refractivity contribution in [3.05, 3.63) is 82.4 Å². The summed E-state index contributed by atoms with van der Waals surface area (Å²) < 4.78 is 1.82. The number of amides is 1. The smallest absolute Gasteiger partial charge is 0.228 e. The van der Waals surface area contributed by atoms with Crippen LogP contribution < -0.4 is 0 Å². The van der Waals surface area contributed by atoms with Crippen LogP contribution in [-0.4, -0.2) is 38.7 Å². The zero-order valence-corrected chi connectivity index (χ0v) is 23.6. The van der Waals surface area contributed by atoms with Crippen LogP contribution in [0.25, 0.3) is 16.5 Å². The fraction of sp³-hybridized carbons (Fsp3) is 0.438. The molecule has 1 fully saturated rings. The van der Waals surface area contributed by atoms with Gasteiger partial charge in [-0.2, -0.15) is 5.10 Å². The molecule has 3 aromatic rings. The lowest BCUT2D eigenvalue weighted by atomic mass is 9.87. The Morgan fingerprint density at radius 3 is 2.43 bits per heavy atom. The van der Waals surface area contributed by atoms with Crippen LogP contribution in [0.4, 0.5) is 0 Å². The Bertz CT molecular complexity index is 1370. The fourth-order valence-corrected chi connectivity index (χ4v) is 5.63. The zero-order chi connectivity index (χ0) is 26.9. The standard InChI is InChI=1S/C32H42N4O/c1-20(2)15-26(16-21(3)4)32-31(22(5)6)28-18-25(9-10-29(28)33-32)24-11-13-36(14-12-24)30(37)19-27-17-23(7)34-35(27)8/h9-10,15-18,22,24,33H,1,11-14,19H2,2-8H3/b26-15+. The highest BCUT2D eigenvalue weighted by Gasteiger charge is 2.26. The van der Waals surface area contributed by atoms with E-state index < -0.39 is 0 Å². The number of fused-ring (bicyclic) bond motifs is 1. The Balaban J connectivity index is 1.56. The van der Waals surface area contributed by atoms with E-state index >= 15 is 0 Å². The Morgan fingerprint density at radius 1 is 1.16 bits per heavy atom. The van der Waals surface area contributed by atoms with Gasteiger partial charge in [0.2, 0.25) is 5.91 Å². The van der Waals surface area contributed by atoms with E-state index in [2.05, 4.69) is 74.7 Å². The topological polar surface area (TPSA) is 53.9 Å². The third kappa shape index (κ3) is 5.98. The van der Waals surface area contributed by atoms with Gasteiger partial charge in [0.1, 0.15) is 0 Å². The average molecular weight is 499 g/mol. The Labute approximate surface area is 221 Å². The van der Waals surface area contributed by atoms with Gasteiger partial charge in [-0.05, 0) is 87.3 Å². The molecule has 37 heavy (non-hydrogen) atoms. The second kappa shape index (κ2) is 11.0. The molecular formula is C32H42N4O. The van der Waals surface area contributed by atoms with Crippen LogP contribution >= 0.6 is 0 Å². The number of allylic oxidation sites excluding steroid dienone is 5. The maximum Gasteiger partial charge on any atom is 0.228 e. The highest BCUT2D eigenvalue weighted by Crippen LogP contribution is 2.37. The molecule has 1 aromatic carbocycles. The first kappa shape index (κ1) is 26.7. The van der Waals surface area contributed by atoms with Crippen molar-refractivity contribution in [2.24, 2.45) is 7.05 Å². The quantitative estimate of drug-likeness (QED) is 0.350. The Morgan fingerprint density at radius 2 is 1.86 bits per heavy atom. The molecule has 2 aromatic heterocycles. The number of nitrogens with zero attached hydrogens (tertiary/aromatic N) is 3. The predicted molar refractivity (Wildman–Crippen MR) is 155 cm³/mol. The van der Waals surface area contributed by atoms with E-state index in [0.29, 0.717) is 18.3 Å². The summed E-state index contributed by atoms with van der Waals surface area (Å²) in [6.45, 7) is 18.6. The molecule has 0 unspecified atom stereocenters. The number of hydrogen-bond donors (Lipinski definition) is 1. The maximum atomic E-state index is 13.0. The number of benzene rings is 1. The molecule has 3 heterocycles. The van der Waals surface area contributed by atoms with Crippen molar-refractivity contribution in [1.29, 1.82) is 0 Å². The second-order valence-corrected chi connectivity index (χ2v) is 11.3. The van der Waals surface area contributed by atoms with Crippen molar-refractivity contribution in [3.8, 4) is 0 Å².